The molecule has 0 saturated carbocycles. The van der Waals surface area contributed by atoms with Crippen LogP contribution in [0.4, 0.5) is 0 Å². The van der Waals surface area contributed by atoms with Crippen LogP contribution in [0.3, 0.4) is 0 Å². The maximum absolute atomic E-state index is 11.8. The lowest BCUT2D eigenvalue weighted by atomic mass is 10.0. The van der Waals surface area contributed by atoms with Crippen molar-refractivity contribution >= 4 is 5.78 Å². The Balaban J connectivity index is 2.83. The number of hydrogen-bond acceptors (Lipinski definition) is 2. The zero-order valence-electron chi connectivity index (χ0n) is 8.82. The Hall–Kier alpha value is -1.75. The van der Waals surface area contributed by atoms with Gasteiger partial charge in [-0.1, -0.05) is 31.9 Å². The molecule has 0 aliphatic rings. The minimum Gasteiger partial charge on any atom is -0.407 e. The summed E-state index contributed by atoms with van der Waals surface area (Å²) < 4.78 is 4.95. The molecular formula is C13H14O2. The third kappa shape index (κ3) is 3.14. The average molecular weight is 202 g/mol. The first-order chi connectivity index (χ1) is 7.29. The van der Waals surface area contributed by atoms with Gasteiger partial charge in [0, 0.05) is 6.42 Å². The fraction of sp³-hybridized carbons (Fsp3) is 0.308. The molecule has 0 bridgehead atoms. The van der Waals surface area contributed by atoms with Gasteiger partial charge in [-0.2, -0.15) is 0 Å². The summed E-state index contributed by atoms with van der Waals surface area (Å²) in [4.78, 5) is 11.8. The number of ketones is 1. The van der Waals surface area contributed by atoms with Crippen molar-refractivity contribution in [1.29, 1.82) is 0 Å². The SMILES string of the molecule is C#COc1ccccc1C(=O)CCCC. The average Bonchev–Trinajstić information content (AvgIpc) is 2.27. The topological polar surface area (TPSA) is 26.3 Å². The largest absolute Gasteiger partial charge is 0.407 e. The number of Topliss-reactive ketones (excluding diaryl/α,β-unsaturated/α-hetero) is 1. The van der Waals surface area contributed by atoms with Crippen molar-refractivity contribution in [3.05, 3.63) is 29.8 Å². The quantitative estimate of drug-likeness (QED) is 0.542. The highest BCUT2D eigenvalue weighted by atomic mass is 16.5. The molecular weight excluding hydrogens is 188 g/mol. The predicted octanol–water partition coefficient (Wildman–Crippen LogP) is 3.03. The van der Waals surface area contributed by atoms with E-state index in [1.54, 1.807) is 18.2 Å². The van der Waals surface area contributed by atoms with Crippen LogP contribution in [-0.2, 0) is 0 Å². The van der Waals surface area contributed by atoms with Crippen LogP contribution in [-0.4, -0.2) is 5.78 Å². The van der Waals surface area contributed by atoms with Crippen LogP contribution in [0.25, 0.3) is 0 Å². The Bertz CT molecular complexity index is 374. The molecule has 0 N–H and O–H groups in total. The van der Waals surface area contributed by atoms with Crippen molar-refractivity contribution < 1.29 is 9.53 Å². The lowest BCUT2D eigenvalue weighted by molar-refractivity contribution is 0.0977. The summed E-state index contributed by atoms with van der Waals surface area (Å²) in [5.74, 6) is 0.559. The summed E-state index contributed by atoms with van der Waals surface area (Å²) in [6.45, 7) is 2.05. The van der Waals surface area contributed by atoms with Gasteiger partial charge in [-0.25, -0.2) is 0 Å². The third-order valence-electron chi connectivity index (χ3n) is 2.11. The second kappa shape index (κ2) is 5.87. The number of unbranched alkanes of at least 4 members (excludes halogenated alkanes) is 1. The maximum Gasteiger partial charge on any atom is 0.166 e. The maximum atomic E-state index is 11.8. The minimum absolute atomic E-state index is 0.0858. The highest BCUT2D eigenvalue weighted by Crippen LogP contribution is 2.20. The van der Waals surface area contributed by atoms with Crippen LogP contribution < -0.4 is 4.74 Å². The van der Waals surface area contributed by atoms with Crippen LogP contribution in [0, 0.1) is 12.5 Å². The van der Waals surface area contributed by atoms with Crippen LogP contribution in [0.1, 0.15) is 36.5 Å². The molecule has 0 fully saturated rings. The Morgan fingerprint density at radius 2 is 2.20 bits per heavy atom. The summed E-state index contributed by atoms with van der Waals surface area (Å²) in [6.07, 6.45) is 9.57. The lowest BCUT2D eigenvalue weighted by Gasteiger charge is -2.04. The second-order valence-corrected chi connectivity index (χ2v) is 3.24. The molecule has 1 aromatic carbocycles. The number of carbonyl (C=O) groups excluding carboxylic acids is 1. The van der Waals surface area contributed by atoms with E-state index in [0.717, 1.165) is 12.8 Å². The number of ether oxygens (including phenoxy) is 1. The van der Waals surface area contributed by atoms with Gasteiger partial charge in [-0.3, -0.25) is 4.79 Å². The van der Waals surface area contributed by atoms with Crippen molar-refractivity contribution in [2.24, 2.45) is 0 Å². The van der Waals surface area contributed by atoms with Crippen LogP contribution in [0.15, 0.2) is 24.3 Å². The van der Waals surface area contributed by atoms with Gasteiger partial charge in [0.25, 0.3) is 0 Å². The fourth-order valence-electron chi connectivity index (χ4n) is 1.32. The Labute approximate surface area is 90.3 Å². The van der Waals surface area contributed by atoms with Gasteiger partial charge in [0.15, 0.2) is 11.5 Å². The molecule has 0 heterocycles. The number of para-hydroxylation sites is 1. The van der Waals surface area contributed by atoms with Crippen molar-refractivity contribution in [1.82, 2.24) is 0 Å². The normalized spacial score (nSPS) is 9.33. The molecule has 0 radical (unpaired) electrons. The Kier molecular flexibility index (Phi) is 4.43. The molecule has 15 heavy (non-hydrogen) atoms. The summed E-state index contributed by atoms with van der Waals surface area (Å²) in [5, 5.41) is 0. The zero-order chi connectivity index (χ0) is 11.1. The number of hydrogen-bond donors (Lipinski definition) is 0. The highest BCUT2D eigenvalue weighted by molar-refractivity contribution is 5.98. The summed E-state index contributed by atoms with van der Waals surface area (Å²) >= 11 is 0. The number of terminal acetylenes is 1. The molecule has 0 saturated heterocycles. The van der Waals surface area contributed by atoms with E-state index < -0.39 is 0 Å². The van der Waals surface area contributed by atoms with Crippen LogP contribution in [0.2, 0.25) is 0 Å². The highest BCUT2D eigenvalue weighted by Gasteiger charge is 2.10. The number of carbonyl (C=O) groups is 1. The molecule has 0 aliphatic heterocycles. The lowest BCUT2D eigenvalue weighted by Crippen LogP contribution is -2.01. The van der Waals surface area contributed by atoms with E-state index in [2.05, 4.69) is 13.0 Å². The standard InChI is InChI=1S/C13H14O2/c1-3-5-9-12(14)11-8-6-7-10-13(11)15-4-2/h2,6-8,10H,3,5,9H2,1H3. The van der Waals surface area contributed by atoms with Gasteiger partial charge in [0.1, 0.15) is 6.11 Å². The van der Waals surface area contributed by atoms with Gasteiger partial charge in [0.05, 0.1) is 5.56 Å². The molecule has 2 nitrogen and oxygen atoms in total. The molecule has 0 amide bonds. The van der Waals surface area contributed by atoms with E-state index in [4.69, 9.17) is 11.2 Å². The predicted molar refractivity (Wildman–Crippen MR) is 59.8 cm³/mol. The van der Waals surface area contributed by atoms with Crippen molar-refractivity contribution in [3.8, 4) is 18.3 Å². The first kappa shape index (κ1) is 11.3. The van der Waals surface area contributed by atoms with E-state index in [-0.39, 0.29) is 5.78 Å². The van der Waals surface area contributed by atoms with Crippen LogP contribution >= 0.6 is 0 Å². The molecule has 2 heteroatoms. The first-order valence-electron chi connectivity index (χ1n) is 5.04. The molecule has 0 unspecified atom stereocenters. The van der Waals surface area contributed by atoms with E-state index in [1.165, 1.54) is 0 Å². The Morgan fingerprint density at radius 1 is 1.47 bits per heavy atom. The van der Waals surface area contributed by atoms with Gasteiger partial charge >= 0.3 is 0 Å². The molecule has 78 valence electrons. The smallest absolute Gasteiger partial charge is 0.166 e. The van der Waals surface area contributed by atoms with Crippen molar-refractivity contribution in [2.45, 2.75) is 26.2 Å². The summed E-state index contributed by atoms with van der Waals surface area (Å²) in [5.41, 5.74) is 0.573. The fourth-order valence-corrected chi connectivity index (χ4v) is 1.32. The first-order valence-corrected chi connectivity index (χ1v) is 5.04. The molecule has 0 atom stereocenters. The number of rotatable bonds is 5. The van der Waals surface area contributed by atoms with Crippen molar-refractivity contribution in [3.63, 3.8) is 0 Å². The van der Waals surface area contributed by atoms with E-state index in [0.29, 0.717) is 17.7 Å². The van der Waals surface area contributed by atoms with E-state index >= 15 is 0 Å². The minimum atomic E-state index is 0.0858. The van der Waals surface area contributed by atoms with Crippen molar-refractivity contribution in [2.75, 3.05) is 0 Å². The van der Waals surface area contributed by atoms with Crippen LogP contribution in [0.5, 0.6) is 5.75 Å². The van der Waals surface area contributed by atoms with Gasteiger partial charge in [-0.15, -0.1) is 0 Å². The Morgan fingerprint density at radius 3 is 2.87 bits per heavy atom. The molecule has 0 aromatic heterocycles. The molecule has 1 rings (SSSR count). The molecule has 0 aliphatic carbocycles. The molecule has 0 spiro atoms. The van der Waals surface area contributed by atoms with E-state index in [1.807, 2.05) is 6.07 Å². The van der Waals surface area contributed by atoms with Gasteiger partial charge in [-0.05, 0) is 18.6 Å². The molecule has 1 aromatic rings. The third-order valence-corrected chi connectivity index (χ3v) is 2.11. The van der Waals surface area contributed by atoms with E-state index in [9.17, 15) is 4.79 Å². The zero-order valence-corrected chi connectivity index (χ0v) is 8.82. The summed E-state index contributed by atoms with van der Waals surface area (Å²) in [7, 11) is 0. The van der Waals surface area contributed by atoms with Gasteiger partial charge in [0.2, 0.25) is 0 Å². The summed E-state index contributed by atoms with van der Waals surface area (Å²) in [6, 6.07) is 7.05. The second-order valence-electron chi connectivity index (χ2n) is 3.24. The monoisotopic (exact) mass is 202 g/mol. The van der Waals surface area contributed by atoms with Gasteiger partial charge < -0.3 is 4.74 Å². The number of benzene rings is 1.